The molecule has 0 aliphatic carbocycles. The highest BCUT2D eigenvalue weighted by atomic mass is 33.1. The molecule has 1 N–H and O–H groups in total. The molecule has 0 spiro atoms. The van der Waals surface area contributed by atoms with Crippen LogP contribution in [0.3, 0.4) is 0 Å². The van der Waals surface area contributed by atoms with E-state index in [0.29, 0.717) is 0 Å². The summed E-state index contributed by atoms with van der Waals surface area (Å²) in [7, 11) is 3.69. The molecule has 8 heavy (non-hydrogen) atoms. The van der Waals surface area contributed by atoms with Gasteiger partial charge in [-0.25, -0.2) is 0 Å². The van der Waals surface area contributed by atoms with E-state index in [4.69, 9.17) is 5.41 Å². The minimum atomic E-state index is 1.20. The summed E-state index contributed by atoms with van der Waals surface area (Å²) >= 11 is 0. The summed E-state index contributed by atoms with van der Waals surface area (Å²) in [6, 6.07) is 0. The third-order valence-corrected chi connectivity index (χ3v) is 2.30. The molecule has 0 aromatic carbocycles. The Bertz CT molecular complexity index is 97.0. The van der Waals surface area contributed by atoms with E-state index in [2.05, 4.69) is 18.1 Å². The molecule has 0 amide bonds. The van der Waals surface area contributed by atoms with Gasteiger partial charge in [-0.05, 0) is 17.9 Å². The van der Waals surface area contributed by atoms with E-state index in [1.54, 1.807) is 5.87 Å². The van der Waals surface area contributed by atoms with Crippen LogP contribution in [0.5, 0.6) is 0 Å². The van der Waals surface area contributed by atoms with Gasteiger partial charge in [0.25, 0.3) is 0 Å². The summed E-state index contributed by atoms with van der Waals surface area (Å²) in [6.45, 7) is 2.90. The molecule has 1 aliphatic rings. The van der Waals surface area contributed by atoms with Gasteiger partial charge >= 0.3 is 0 Å². The first kappa shape index (κ1) is 7.89. The lowest BCUT2D eigenvalue weighted by atomic mass is 10.8. The van der Waals surface area contributed by atoms with Gasteiger partial charge in [0.05, 0.1) is 0 Å². The molecule has 44 valence electrons. The maximum absolute atomic E-state index is 5.85. The summed E-state index contributed by atoms with van der Waals surface area (Å²) in [5.41, 5.74) is 0. The molecule has 0 saturated carbocycles. The topological polar surface area (TPSA) is 23.9 Å². The zero-order valence-corrected chi connectivity index (χ0v) is 6.02. The quantitative estimate of drug-likeness (QED) is 0.418. The Morgan fingerprint density at radius 3 is 2.50 bits per heavy atom. The summed E-state index contributed by atoms with van der Waals surface area (Å²) in [4.78, 5) is 0. The fourth-order valence-electron chi connectivity index (χ4n) is 0.196. The Morgan fingerprint density at radius 2 is 2.38 bits per heavy atom. The van der Waals surface area contributed by atoms with Crippen molar-refractivity contribution in [1.82, 2.24) is 0 Å². The van der Waals surface area contributed by atoms with Crippen molar-refractivity contribution >= 4 is 27.5 Å². The second kappa shape index (κ2) is 6.89. The monoisotopic (exact) mass is 145 g/mol. The normalized spacial score (nSPS) is 14.0. The van der Waals surface area contributed by atoms with Gasteiger partial charge in [-0.15, -0.1) is 0 Å². The lowest BCUT2D eigenvalue weighted by molar-refractivity contribution is 1.60. The van der Waals surface area contributed by atoms with Gasteiger partial charge in [0, 0.05) is 5.75 Å². The number of nitrogens with one attached hydrogen (secondary N) is 1. The minimum Gasteiger partial charge on any atom is -0.259 e. The average Bonchev–Trinajstić information content (AvgIpc) is 2.17. The van der Waals surface area contributed by atoms with Crippen LogP contribution in [0.15, 0.2) is 18.1 Å². The molecule has 1 aliphatic heterocycles. The molecule has 0 saturated heterocycles. The molecule has 3 heteroatoms. The SMILES string of the molecule is C1=CSSC1.C=C=N. The van der Waals surface area contributed by atoms with E-state index < -0.39 is 0 Å². The maximum atomic E-state index is 5.85. The molecule has 0 fully saturated rings. The van der Waals surface area contributed by atoms with E-state index in [9.17, 15) is 0 Å². The van der Waals surface area contributed by atoms with Gasteiger partial charge < -0.3 is 0 Å². The Labute approximate surface area is 57.2 Å². The van der Waals surface area contributed by atoms with Crippen LogP contribution in [0.25, 0.3) is 0 Å². The highest BCUT2D eigenvalue weighted by Crippen LogP contribution is 2.27. The molecule has 0 bridgehead atoms. The molecular weight excluding hydrogens is 138 g/mol. The summed E-state index contributed by atoms with van der Waals surface area (Å²) < 4.78 is 0. The van der Waals surface area contributed by atoms with Crippen molar-refractivity contribution in [2.24, 2.45) is 0 Å². The van der Waals surface area contributed by atoms with Crippen molar-refractivity contribution < 1.29 is 0 Å². The molecule has 1 nitrogen and oxygen atoms in total. The van der Waals surface area contributed by atoms with E-state index in [0.717, 1.165) is 0 Å². The highest BCUT2D eigenvalue weighted by molar-refractivity contribution is 8.78. The van der Waals surface area contributed by atoms with E-state index in [-0.39, 0.29) is 0 Å². The fraction of sp³-hybridized carbons (Fsp3) is 0.200. The average molecular weight is 145 g/mol. The smallest absolute Gasteiger partial charge is 0.0229 e. The first-order valence-electron chi connectivity index (χ1n) is 2.04. The first-order valence-corrected chi connectivity index (χ1v) is 4.42. The lowest BCUT2D eigenvalue weighted by Gasteiger charge is -1.69. The number of hydrogen-bond donors (Lipinski definition) is 1. The van der Waals surface area contributed by atoms with Crippen LogP contribution in [-0.4, -0.2) is 11.6 Å². The maximum Gasteiger partial charge on any atom is 0.0229 e. The van der Waals surface area contributed by atoms with Crippen molar-refractivity contribution in [2.45, 2.75) is 0 Å². The highest BCUT2D eigenvalue weighted by Gasteiger charge is 1.85. The first-order chi connectivity index (χ1) is 3.91. The van der Waals surface area contributed by atoms with Gasteiger partial charge in [-0.3, -0.25) is 5.41 Å². The predicted octanol–water partition coefficient (Wildman–Crippen LogP) is 2.32. The van der Waals surface area contributed by atoms with Crippen LogP contribution in [0.4, 0.5) is 0 Å². The molecular formula is C5H7NS2. The molecule has 0 atom stereocenters. The largest absolute Gasteiger partial charge is 0.259 e. The van der Waals surface area contributed by atoms with Crippen LogP contribution in [-0.2, 0) is 0 Å². The summed E-state index contributed by atoms with van der Waals surface area (Å²) in [5.74, 6) is 2.95. The molecule has 0 radical (unpaired) electrons. The van der Waals surface area contributed by atoms with Crippen molar-refractivity contribution in [3.05, 3.63) is 18.1 Å². The van der Waals surface area contributed by atoms with Gasteiger partial charge in [0.15, 0.2) is 0 Å². The van der Waals surface area contributed by atoms with Crippen molar-refractivity contribution in [1.29, 1.82) is 5.41 Å². The van der Waals surface area contributed by atoms with Crippen molar-refractivity contribution in [3.63, 3.8) is 0 Å². The molecule has 1 heterocycles. The van der Waals surface area contributed by atoms with Gasteiger partial charge in [0.1, 0.15) is 0 Å². The van der Waals surface area contributed by atoms with Crippen LogP contribution in [0.1, 0.15) is 0 Å². The Morgan fingerprint density at radius 1 is 1.75 bits per heavy atom. The van der Waals surface area contributed by atoms with E-state index >= 15 is 0 Å². The Hall–Kier alpha value is -0.110. The Kier molecular flexibility index (Phi) is 6.80. The second-order valence-corrected chi connectivity index (χ2v) is 3.25. The van der Waals surface area contributed by atoms with Crippen molar-refractivity contribution in [3.8, 4) is 0 Å². The summed E-state index contributed by atoms with van der Waals surface area (Å²) in [5, 5.41) is 7.96. The van der Waals surface area contributed by atoms with Gasteiger partial charge in [-0.1, -0.05) is 27.7 Å². The molecule has 0 aromatic rings. The zero-order valence-electron chi connectivity index (χ0n) is 4.39. The van der Waals surface area contributed by atoms with Crippen LogP contribution in [0, 0.1) is 5.41 Å². The standard InChI is InChI=1S/C3H4S2.C2H3N/c1-2-4-5-3-1;1-2-3/h1-2H,3H2;3H,1H2. The van der Waals surface area contributed by atoms with Crippen LogP contribution < -0.4 is 0 Å². The molecule has 0 unspecified atom stereocenters. The van der Waals surface area contributed by atoms with Crippen LogP contribution >= 0.6 is 21.6 Å². The zero-order chi connectivity index (χ0) is 6.24. The van der Waals surface area contributed by atoms with Crippen LogP contribution in [0.2, 0.25) is 0 Å². The lowest BCUT2D eigenvalue weighted by Crippen LogP contribution is -1.46. The molecule has 1 rings (SSSR count). The Balaban J connectivity index is 0.000000145. The van der Waals surface area contributed by atoms with Crippen molar-refractivity contribution in [2.75, 3.05) is 5.75 Å². The predicted molar refractivity (Wildman–Crippen MR) is 42.5 cm³/mol. The molecule has 0 aromatic heterocycles. The van der Waals surface area contributed by atoms with Gasteiger partial charge in [-0.2, -0.15) is 0 Å². The van der Waals surface area contributed by atoms with Gasteiger partial charge in [0.2, 0.25) is 0 Å². The fourth-order valence-corrected chi connectivity index (χ4v) is 1.77. The number of rotatable bonds is 0. The third kappa shape index (κ3) is 5.89. The van der Waals surface area contributed by atoms with E-state index in [1.807, 2.05) is 21.6 Å². The minimum absolute atomic E-state index is 1.20. The second-order valence-electron chi connectivity index (χ2n) is 0.929. The number of hydrogen-bond acceptors (Lipinski definition) is 3. The van der Waals surface area contributed by atoms with E-state index in [1.165, 1.54) is 5.75 Å². The summed E-state index contributed by atoms with van der Waals surface area (Å²) in [6.07, 6.45) is 2.16. The third-order valence-electron chi connectivity index (χ3n) is 0.384.